The van der Waals surface area contributed by atoms with Gasteiger partial charge in [-0.25, -0.2) is 4.79 Å². The molecule has 2 aliphatic rings. The van der Waals surface area contributed by atoms with E-state index in [9.17, 15) is 14.4 Å². The van der Waals surface area contributed by atoms with Crippen LogP contribution in [0.2, 0.25) is 0 Å². The fraction of sp³-hybridized carbons (Fsp3) is 0.500. The van der Waals surface area contributed by atoms with E-state index in [0.29, 0.717) is 38.1 Å². The fourth-order valence-corrected chi connectivity index (χ4v) is 4.24. The maximum Gasteiger partial charge on any atom is 0.325 e. The minimum atomic E-state index is -0.887. The molecule has 0 spiro atoms. The lowest BCUT2D eigenvalue weighted by Crippen LogP contribution is -2.56. The Morgan fingerprint density at radius 2 is 1.90 bits per heavy atom. The summed E-state index contributed by atoms with van der Waals surface area (Å²) in [4.78, 5) is 41.0. The van der Waals surface area contributed by atoms with Crippen LogP contribution in [0.15, 0.2) is 42.5 Å². The predicted molar refractivity (Wildman–Crippen MR) is 109 cm³/mol. The molecule has 0 radical (unpaired) electrons. The average Bonchev–Trinajstić information content (AvgIpc) is 2.97. The number of para-hydroxylation sites is 1. The number of urea groups is 1. The number of ether oxygens (including phenoxy) is 1. The summed E-state index contributed by atoms with van der Waals surface area (Å²) in [5.41, 5.74) is -0.124. The van der Waals surface area contributed by atoms with Crippen LogP contribution in [0.25, 0.3) is 0 Å². The highest BCUT2D eigenvalue weighted by Crippen LogP contribution is 2.36. The maximum absolute atomic E-state index is 13.1. The van der Waals surface area contributed by atoms with Crippen molar-refractivity contribution in [1.82, 2.24) is 15.1 Å². The van der Waals surface area contributed by atoms with Crippen LogP contribution in [0, 0.1) is 5.92 Å². The van der Waals surface area contributed by atoms with Gasteiger partial charge in [0.15, 0.2) is 6.61 Å². The standard InChI is InChI=1S/C22H29N3O4/c1-4-22(20(27)25(14-16(2)3)21(28)23-22)17-10-12-24(13-11-17)19(26)15-29-18-8-6-5-7-9-18/h5-9,17H,2,4,10-15H2,1,3H3,(H,23,28). The van der Waals surface area contributed by atoms with Gasteiger partial charge in [0, 0.05) is 13.1 Å². The van der Waals surface area contributed by atoms with Gasteiger partial charge in [-0.2, -0.15) is 0 Å². The maximum atomic E-state index is 13.1. The second-order valence-corrected chi connectivity index (χ2v) is 7.86. The van der Waals surface area contributed by atoms with Crippen LogP contribution in [0.1, 0.15) is 33.1 Å². The summed E-state index contributed by atoms with van der Waals surface area (Å²) in [5.74, 6) is 0.421. The van der Waals surface area contributed by atoms with Gasteiger partial charge in [-0.3, -0.25) is 14.5 Å². The normalized spacial score (nSPS) is 22.6. The molecule has 1 aromatic rings. The summed E-state index contributed by atoms with van der Waals surface area (Å²) >= 11 is 0. The molecule has 0 aliphatic carbocycles. The first kappa shape index (κ1) is 20.9. The highest BCUT2D eigenvalue weighted by Gasteiger charge is 2.54. The van der Waals surface area contributed by atoms with E-state index in [2.05, 4.69) is 11.9 Å². The number of hydrogen-bond donors (Lipinski definition) is 1. The van der Waals surface area contributed by atoms with E-state index >= 15 is 0 Å². The van der Waals surface area contributed by atoms with Crippen molar-refractivity contribution in [2.24, 2.45) is 5.92 Å². The van der Waals surface area contributed by atoms with E-state index in [1.54, 1.807) is 11.8 Å². The molecule has 7 heteroatoms. The fourth-order valence-electron chi connectivity index (χ4n) is 4.24. The quantitative estimate of drug-likeness (QED) is 0.565. The Hall–Kier alpha value is -2.83. The van der Waals surface area contributed by atoms with Gasteiger partial charge in [0.05, 0.1) is 6.54 Å². The molecule has 1 N–H and O–H groups in total. The molecule has 1 aromatic carbocycles. The second-order valence-electron chi connectivity index (χ2n) is 7.86. The highest BCUT2D eigenvalue weighted by molar-refractivity contribution is 6.07. The Balaban J connectivity index is 1.59. The van der Waals surface area contributed by atoms with Gasteiger partial charge in [0.2, 0.25) is 0 Å². The Bertz CT molecular complexity index is 787. The molecule has 7 nitrogen and oxygen atoms in total. The lowest BCUT2D eigenvalue weighted by molar-refractivity contribution is -0.137. The van der Waals surface area contributed by atoms with Crippen LogP contribution < -0.4 is 10.1 Å². The number of carbonyl (C=O) groups is 3. The molecule has 1 atom stereocenters. The SMILES string of the molecule is C=C(C)CN1C(=O)NC(CC)(C2CCN(C(=O)COc3ccccc3)CC2)C1=O. The van der Waals surface area contributed by atoms with E-state index in [1.807, 2.05) is 37.3 Å². The zero-order valence-corrected chi connectivity index (χ0v) is 17.1. The molecule has 0 saturated carbocycles. The third-order valence-electron chi connectivity index (χ3n) is 5.84. The van der Waals surface area contributed by atoms with Gasteiger partial charge in [0.1, 0.15) is 11.3 Å². The van der Waals surface area contributed by atoms with E-state index in [0.717, 1.165) is 5.57 Å². The summed E-state index contributed by atoms with van der Waals surface area (Å²) in [6, 6.07) is 8.89. The first-order valence-electron chi connectivity index (χ1n) is 10.1. The lowest BCUT2D eigenvalue weighted by atomic mass is 9.75. The molecule has 2 heterocycles. The zero-order chi connectivity index (χ0) is 21.0. The van der Waals surface area contributed by atoms with Crippen LogP contribution in [0.5, 0.6) is 5.75 Å². The van der Waals surface area contributed by atoms with Crippen molar-refractivity contribution in [3.63, 3.8) is 0 Å². The number of piperidine rings is 1. The second kappa shape index (κ2) is 8.68. The monoisotopic (exact) mass is 399 g/mol. The minimum absolute atomic E-state index is 0.00170. The van der Waals surface area contributed by atoms with Crippen LogP contribution in [0.3, 0.4) is 0 Å². The molecule has 3 rings (SSSR count). The molecule has 4 amide bonds. The number of nitrogens with one attached hydrogen (secondary N) is 1. The summed E-state index contributed by atoms with van der Waals surface area (Å²) in [6.45, 7) is 8.87. The third-order valence-corrected chi connectivity index (χ3v) is 5.84. The number of amides is 4. The average molecular weight is 399 g/mol. The van der Waals surface area contributed by atoms with Gasteiger partial charge < -0.3 is 15.0 Å². The van der Waals surface area contributed by atoms with Crippen molar-refractivity contribution in [3.8, 4) is 5.75 Å². The molecular weight excluding hydrogens is 370 g/mol. The Morgan fingerprint density at radius 1 is 1.24 bits per heavy atom. The molecule has 0 bridgehead atoms. The number of nitrogens with zero attached hydrogens (tertiary/aromatic N) is 2. The van der Waals surface area contributed by atoms with Crippen LogP contribution >= 0.6 is 0 Å². The lowest BCUT2D eigenvalue weighted by Gasteiger charge is -2.40. The smallest absolute Gasteiger partial charge is 0.325 e. The number of carbonyl (C=O) groups excluding carboxylic acids is 3. The Morgan fingerprint density at radius 3 is 2.48 bits per heavy atom. The zero-order valence-electron chi connectivity index (χ0n) is 17.1. The molecule has 0 aromatic heterocycles. The Kier molecular flexibility index (Phi) is 6.25. The van der Waals surface area contributed by atoms with E-state index in [4.69, 9.17) is 4.74 Å². The topological polar surface area (TPSA) is 79.0 Å². The van der Waals surface area contributed by atoms with Gasteiger partial charge in [-0.15, -0.1) is 0 Å². The van der Waals surface area contributed by atoms with Crippen molar-refractivity contribution < 1.29 is 19.1 Å². The van der Waals surface area contributed by atoms with Crippen LogP contribution in [-0.2, 0) is 9.59 Å². The number of rotatable bonds is 7. The summed E-state index contributed by atoms with van der Waals surface area (Å²) in [6.07, 6.45) is 1.86. The molecular formula is C22H29N3O4. The Labute approximate surface area is 171 Å². The van der Waals surface area contributed by atoms with Crippen molar-refractivity contribution in [3.05, 3.63) is 42.5 Å². The van der Waals surface area contributed by atoms with Crippen molar-refractivity contribution in [2.75, 3.05) is 26.2 Å². The molecule has 156 valence electrons. The van der Waals surface area contributed by atoms with Gasteiger partial charge >= 0.3 is 6.03 Å². The highest BCUT2D eigenvalue weighted by atomic mass is 16.5. The van der Waals surface area contributed by atoms with E-state index < -0.39 is 5.54 Å². The van der Waals surface area contributed by atoms with Gasteiger partial charge in [-0.05, 0) is 44.2 Å². The van der Waals surface area contributed by atoms with Crippen molar-refractivity contribution in [2.45, 2.75) is 38.6 Å². The molecule has 2 aliphatic heterocycles. The van der Waals surface area contributed by atoms with E-state index in [1.165, 1.54) is 4.90 Å². The van der Waals surface area contributed by atoms with Crippen LogP contribution in [0.4, 0.5) is 4.79 Å². The minimum Gasteiger partial charge on any atom is -0.484 e. The van der Waals surface area contributed by atoms with Crippen molar-refractivity contribution >= 4 is 17.8 Å². The number of benzene rings is 1. The first-order chi connectivity index (χ1) is 13.9. The number of likely N-dealkylation sites (tertiary alicyclic amines) is 1. The molecule has 29 heavy (non-hydrogen) atoms. The molecule has 1 unspecified atom stereocenters. The van der Waals surface area contributed by atoms with Gasteiger partial charge in [0.25, 0.3) is 11.8 Å². The molecule has 2 fully saturated rings. The largest absolute Gasteiger partial charge is 0.484 e. The van der Waals surface area contributed by atoms with Crippen LogP contribution in [-0.4, -0.2) is 59.4 Å². The van der Waals surface area contributed by atoms with E-state index in [-0.39, 0.29) is 36.9 Å². The number of imide groups is 1. The van der Waals surface area contributed by atoms with Crippen molar-refractivity contribution in [1.29, 1.82) is 0 Å². The summed E-state index contributed by atoms with van der Waals surface area (Å²) in [7, 11) is 0. The third kappa shape index (κ3) is 4.28. The number of hydrogen-bond acceptors (Lipinski definition) is 4. The van der Waals surface area contributed by atoms with Gasteiger partial charge in [-0.1, -0.05) is 37.3 Å². The summed E-state index contributed by atoms with van der Waals surface area (Å²) < 4.78 is 5.55. The molecule has 2 saturated heterocycles. The predicted octanol–water partition coefficient (Wildman–Crippen LogP) is 2.58. The summed E-state index contributed by atoms with van der Waals surface area (Å²) in [5, 5.41) is 2.95. The first-order valence-corrected chi connectivity index (χ1v) is 10.1.